The van der Waals surface area contributed by atoms with Crippen molar-refractivity contribution >= 4 is 27.0 Å². The Balaban J connectivity index is 1.85. The predicted molar refractivity (Wildman–Crippen MR) is 77.5 cm³/mol. The van der Waals surface area contributed by atoms with Crippen molar-refractivity contribution in [2.45, 2.75) is 6.54 Å². The minimum absolute atomic E-state index is 0.203. The first-order chi connectivity index (χ1) is 9.65. The van der Waals surface area contributed by atoms with Gasteiger partial charge in [-0.25, -0.2) is 9.18 Å². The first-order valence-corrected chi connectivity index (χ1v) is 7.32. The number of H-pyrrole nitrogens is 1. The zero-order chi connectivity index (χ0) is 14.1. The van der Waals surface area contributed by atoms with Gasteiger partial charge in [0.25, 0.3) is 0 Å². The molecule has 0 unspecified atom stereocenters. The Morgan fingerprint density at radius 3 is 2.80 bits per heavy atom. The molecule has 1 fully saturated rings. The van der Waals surface area contributed by atoms with Crippen LogP contribution in [0.5, 0.6) is 0 Å². The summed E-state index contributed by atoms with van der Waals surface area (Å²) in [6, 6.07) is 2.98. The number of hydrogen-bond donors (Lipinski definition) is 1. The van der Waals surface area contributed by atoms with E-state index in [1.165, 1.54) is 6.07 Å². The number of imidazole rings is 1. The summed E-state index contributed by atoms with van der Waals surface area (Å²) in [7, 11) is 0. The van der Waals surface area contributed by atoms with Crippen LogP contribution in [0.1, 0.15) is 0 Å². The lowest BCUT2D eigenvalue weighted by atomic mass is 10.3. The van der Waals surface area contributed by atoms with Gasteiger partial charge in [0.2, 0.25) is 0 Å². The van der Waals surface area contributed by atoms with Crippen molar-refractivity contribution in [1.82, 2.24) is 14.5 Å². The van der Waals surface area contributed by atoms with E-state index in [0.29, 0.717) is 16.5 Å². The molecule has 5 nitrogen and oxygen atoms in total. The van der Waals surface area contributed by atoms with Gasteiger partial charge in [-0.2, -0.15) is 0 Å². The van der Waals surface area contributed by atoms with Crippen molar-refractivity contribution in [1.29, 1.82) is 0 Å². The minimum atomic E-state index is -0.376. The maximum atomic E-state index is 13.5. The molecule has 1 aliphatic rings. The fourth-order valence-electron chi connectivity index (χ4n) is 2.44. The van der Waals surface area contributed by atoms with E-state index < -0.39 is 0 Å². The second-order valence-electron chi connectivity index (χ2n) is 4.82. The van der Waals surface area contributed by atoms with Gasteiger partial charge < -0.3 is 9.72 Å². The van der Waals surface area contributed by atoms with Gasteiger partial charge in [0, 0.05) is 32.2 Å². The van der Waals surface area contributed by atoms with E-state index in [-0.39, 0.29) is 11.5 Å². The maximum Gasteiger partial charge on any atom is 0.326 e. The standard InChI is InChI=1S/C13H15BrFN3O2/c14-9-7-12-11(8-10(9)15)16-13(19)18(12)2-1-17-3-5-20-6-4-17/h7-8H,1-6H2,(H,16,19). The lowest BCUT2D eigenvalue weighted by molar-refractivity contribution is 0.0364. The number of rotatable bonds is 3. The number of morpholine rings is 1. The monoisotopic (exact) mass is 343 g/mol. The quantitative estimate of drug-likeness (QED) is 0.920. The molecular formula is C13H15BrFN3O2. The van der Waals surface area contributed by atoms with Crippen LogP contribution in [-0.4, -0.2) is 47.3 Å². The molecule has 1 N–H and O–H groups in total. The highest BCUT2D eigenvalue weighted by atomic mass is 79.9. The van der Waals surface area contributed by atoms with Crippen molar-refractivity contribution in [3.05, 3.63) is 32.9 Å². The van der Waals surface area contributed by atoms with Crippen LogP contribution < -0.4 is 5.69 Å². The molecule has 0 amide bonds. The molecule has 2 aromatic rings. The lowest BCUT2D eigenvalue weighted by Gasteiger charge is -2.26. The normalized spacial score (nSPS) is 16.9. The number of hydrogen-bond acceptors (Lipinski definition) is 3. The molecule has 0 atom stereocenters. The maximum absolute atomic E-state index is 13.5. The lowest BCUT2D eigenvalue weighted by Crippen LogP contribution is -2.39. The highest BCUT2D eigenvalue weighted by Gasteiger charge is 2.13. The van der Waals surface area contributed by atoms with Gasteiger partial charge in [-0.1, -0.05) is 0 Å². The van der Waals surface area contributed by atoms with Gasteiger partial charge in [0.05, 0.1) is 28.7 Å². The average Bonchev–Trinajstić information content (AvgIpc) is 2.73. The number of aromatic nitrogens is 2. The average molecular weight is 344 g/mol. The molecule has 1 saturated heterocycles. The van der Waals surface area contributed by atoms with Gasteiger partial charge in [-0.05, 0) is 22.0 Å². The molecule has 0 aliphatic carbocycles. The summed E-state index contributed by atoms with van der Waals surface area (Å²) in [5.41, 5.74) is 1.04. The smallest absolute Gasteiger partial charge is 0.326 e. The van der Waals surface area contributed by atoms with E-state index in [9.17, 15) is 9.18 Å². The van der Waals surface area contributed by atoms with Crippen LogP contribution in [0.15, 0.2) is 21.4 Å². The summed E-state index contributed by atoms with van der Waals surface area (Å²) in [6.45, 7) is 4.60. The second kappa shape index (κ2) is 5.67. The molecule has 20 heavy (non-hydrogen) atoms. The van der Waals surface area contributed by atoms with Crippen LogP contribution in [0.3, 0.4) is 0 Å². The molecule has 1 aromatic heterocycles. The van der Waals surface area contributed by atoms with Crippen molar-refractivity contribution in [2.75, 3.05) is 32.8 Å². The number of fused-ring (bicyclic) bond motifs is 1. The van der Waals surface area contributed by atoms with E-state index in [1.807, 2.05) is 0 Å². The third kappa shape index (κ3) is 2.65. The molecule has 3 rings (SSSR count). The molecule has 0 radical (unpaired) electrons. The summed E-state index contributed by atoms with van der Waals surface area (Å²) in [6.07, 6.45) is 0. The number of ether oxygens (including phenoxy) is 1. The van der Waals surface area contributed by atoms with Crippen molar-refractivity contribution in [3.63, 3.8) is 0 Å². The molecular weight excluding hydrogens is 329 g/mol. The third-order valence-electron chi connectivity index (χ3n) is 3.56. The largest absolute Gasteiger partial charge is 0.379 e. The van der Waals surface area contributed by atoms with Crippen molar-refractivity contribution in [3.8, 4) is 0 Å². The summed E-state index contributed by atoms with van der Waals surface area (Å²) < 4.78 is 20.8. The Morgan fingerprint density at radius 1 is 1.30 bits per heavy atom. The fraction of sp³-hybridized carbons (Fsp3) is 0.462. The molecule has 0 saturated carbocycles. The molecule has 0 bridgehead atoms. The summed E-state index contributed by atoms with van der Waals surface area (Å²) >= 11 is 3.16. The van der Waals surface area contributed by atoms with Crippen molar-refractivity contribution < 1.29 is 9.13 Å². The molecule has 1 aromatic carbocycles. The predicted octanol–water partition coefficient (Wildman–Crippen LogP) is 1.56. The zero-order valence-corrected chi connectivity index (χ0v) is 12.5. The molecule has 108 valence electrons. The zero-order valence-electron chi connectivity index (χ0n) is 10.9. The fourth-order valence-corrected chi connectivity index (χ4v) is 2.77. The minimum Gasteiger partial charge on any atom is -0.379 e. The van der Waals surface area contributed by atoms with Crippen LogP contribution in [0.25, 0.3) is 11.0 Å². The van der Waals surface area contributed by atoms with Crippen LogP contribution in [0.2, 0.25) is 0 Å². The van der Waals surface area contributed by atoms with Gasteiger partial charge in [-0.15, -0.1) is 0 Å². The molecule has 2 heterocycles. The first-order valence-electron chi connectivity index (χ1n) is 6.53. The molecule has 1 aliphatic heterocycles. The van der Waals surface area contributed by atoms with Crippen LogP contribution >= 0.6 is 15.9 Å². The number of nitrogens with zero attached hydrogens (tertiary/aromatic N) is 2. The SMILES string of the molecule is O=c1[nH]c2cc(F)c(Br)cc2n1CCN1CCOCC1. The number of nitrogens with one attached hydrogen (secondary N) is 1. The first kappa shape index (κ1) is 13.8. The van der Waals surface area contributed by atoms with Gasteiger partial charge in [0.15, 0.2) is 0 Å². The Kier molecular flexibility index (Phi) is 3.91. The number of aromatic amines is 1. The Morgan fingerprint density at radius 2 is 2.05 bits per heavy atom. The van der Waals surface area contributed by atoms with Crippen LogP contribution in [0, 0.1) is 5.82 Å². The third-order valence-corrected chi connectivity index (χ3v) is 4.17. The topological polar surface area (TPSA) is 50.3 Å². The Bertz CT molecular complexity index is 676. The van der Waals surface area contributed by atoms with Gasteiger partial charge in [0.1, 0.15) is 5.82 Å². The summed E-state index contributed by atoms with van der Waals surface area (Å²) in [5.74, 6) is -0.376. The van der Waals surface area contributed by atoms with E-state index in [1.54, 1.807) is 10.6 Å². The summed E-state index contributed by atoms with van der Waals surface area (Å²) in [4.78, 5) is 16.9. The van der Waals surface area contributed by atoms with E-state index in [4.69, 9.17) is 4.74 Å². The Labute approximate surface area is 123 Å². The highest BCUT2D eigenvalue weighted by molar-refractivity contribution is 9.10. The van der Waals surface area contributed by atoms with E-state index in [2.05, 4.69) is 25.8 Å². The highest BCUT2D eigenvalue weighted by Crippen LogP contribution is 2.21. The van der Waals surface area contributed by atoms with Crippen LogP contribution in [0.4, 0.5) is 4.39 Å². The van der Waals surface area contributed by atoms with E-state index >= 15 is 0 Å². The summed E-state index contributed by atoms with van der Waals surface area (Å²) in [5, 5.41) is 0. The number of benzene rings is 1. The molecule has 7 heteroatoms. The van der Waals surface area contributed by atoms with Gasteiger partial charge in [-0.3, -0.25) is 9.47 Å². The van der Waals surface area contributed by atoms with Crippen molar-refractivity contribution in [2.24, 2.45) is 0 Å². The number of halogens is 2. The molecule has 0 spiro atoms. The van der Waals surface area contributed by atoms with E-state index in [0.717, 1.165) is 38.4 Å². The van der Waals surface area contributed by atoms with Crippen LogP contribution in [-0.2, 0) is 11.3 Å². The second-order valence-corrected chi connectivity index (χ2v) is 5.67. The van der Waals surface area contributed by atoms with Gasteiger partial charge >= 0.3 is 5.69 Å². The Hall–Kier alpha value is -1.18.